The lowest BCUT2D eigenvalue weighted by atomic mass is 10.0. The van der Waals surface area contributed by atoms with Crippen LogP contribution in [0.5, 0.6) is 0 Å². The smallest absolute Gasteiger partial charge is 0.227 e. The van der Waals surface area contributed by atoms with Crippen molar-refractivity contribution < 1.29 is 4.79 Å². The second kappa shape index (κ2) is 6.64. The molecule has 140 valence electrons. The minimum Gasteiger partial charge on any atom is -0.312 e. The summed E-state index contributed by atoms with van der Waals surface area (Å²) in [6.07, 6.45) is 6.22. The number of amides is 1. The summed E-state index contributed by atoms with van der Waals surface area (Å²) in [6, 6.07) is 14.6. The molecule has 0 atom stereocenters. The molecule has 0 radical (unpaired) electrons. The van der Waals surface area contributed by atoms with E-state index in [-0.39, 0.29) is 5.91 Å². The number of aromatic amines is 1. The second-order valence-corrected chi connectivity index (χ2v) is 7.33. The average Bonchev–Trinajstić information content (AvgIpc) is 3.43. The maximum absolute atomic E-state index is 12.1. The summed E-state index contributed by atoms with van der Waals surface area (Å²) < 4.78 is 1.81. The van der Waals surface area contributed by atoms with Gasteiger partial charge in [0.05, 0.1) is 11.7 Å². The van der Waals surface area contributed by atoms with Crippen LogP contribution < -0.4 is 4.90 Å². The first-order chi connectivity index (χ1) is 13.7. The van der Waals surface area contributed by atoms with Crippen molar-refractivity contribution in [2.24, 2.45) is 7.05 Å². The van der Waals surface area contributed by atoms with E-state index in [1.54, 1.807) is 0 Å². The van der Waals surface area contributed by atoms with Crippen molar-refractivity contribution in [1.29, 1.82) is 0 Å². The Hall–Kier alpha value is -3.41. The van der Waals surface area contributed by atoms with Crippen LogP contribution in [0.25, 0.3) is 22.0 Å². The molecule has 1 aliphatic rings. The minimum absolute atomic E-state index is 0.204. The van der Waals surface area contributed by atoms with Gasteiger partial charge in [-0.15, -0.1) is 0 Å². The molecule has 6 nitrogen and oxygen atoms in total. The molecule has 4 aromatic rings. The molecule has 5 rings (SSSR count). The van der Waals surface area contributed by atoms with E-state index in [9.17, 15) is 4.79 Å². The van der Waals surface area contributed by atoms with Crippen molar-refractivity contribution in [1.82, 2.24) is 20.0 Å². The van der Waals surface area contributed by atoms with Crippen LogP contribution in [0.15, 0.2) is 54.9 Å². The van der Waals surface area contributed by atoms with Gasteiger partial charge in [0, 0.05) is 55.0 Å². The number of rotatable bonds is 4. The summed E-state index contributed by atoms with van der Waals surface area (Å²) >= 11 is 0. The van der Waals surface area contributed by atoms with Gasteiger partial charge in [-0.25, -0.2) is 0 Å². The molecule has 2 aromatic carbocycles. The molecule has 1 fully saturated rings. The number of aromatic nitrogens is 4. The number of carbonyl (C=O) groups excluding carboxylic acids is 1. The highest BCUT2D eigenvalue weighted by atomic mass is 16.2. The number of aryl methyl sites for hydroxylation is 1. The monoisotopic (exact) mass is 371 g/mol. The van der Waals surface area contributed by atoms with Gasteiger partial charge in [0.25, 0.3) is 0 Å². The predicted molar refractivity (Wildman–Crippen MR) is 109 cm³/mol. The fraction of sp³-hybridized carbons (Fsp3) is 0.227. The van der Waals surface area contributed by atoms with Crippen LogP contribution in [0.4, 0.5) is 5.69 Å². The summed E-state index contributed by atoms with van der Waals surface area (Å²) in [6.45, 7) is 0.799. The van der Waals surface area contributed by atoms with E-state index >= 15 is 0 Å². The van der Waals surface area contributed by atoms with Gasteiger partial charge in [-0.1, -0.05) is 24.3 Å². The lowest BCUT2D eigenvalue weighted by Gasteiger charge is -2.15. The van der Waals surface area contributed by atoms with Crippen LogP contribution >= 0.6 is 0 Å². The fourth-order valence-corrected chi connectivity index (χ4v) is 3.86. The zero-order valence-corrected chi connectivity index (χ0v) is 15.7. The maximum atomic E-state index is 12.1. The van der Waals surface area contributed by atoms with Gasteiger partial charge >= 0.3 is 0 Å². The molecule has 0 unspecified atom stereocenters. The summed E-state index contributed by atoms with van der Waals surface area (Å²) in [5.41, 5.74) is 6.43. The predicted octanol–water partition coefficient (Wildman–Crippen LogP) is 3.68. The Morgan fingerprint density at radius 2 is 1.96 bits per heavy atom. The van der Waals surface area contributed by atoms with E-state index in [1.807, 2.05) is 41.2 Å². The van der Waals surface area contributed by atoms with Crippen molar-refractivity contribution in [3.05, 3.63) is 66.1 Å². The first-order valence-corrected chi connectivity index (χ1v) is 9.53. The van der Waals surface area contributed by atoms with E-state index in [4.69, 9.17) is 0 Å². The summed E-state index contributed by atoms with van der Waals surface area (Å²) in [5, 5.41) is 12.9. The van der Waals surface area contributed by atoms with Crippen molar-refractivity contribution >= 4 is 22.5 Å². The summed E-state index contributed by atoms with van der Waals surface area (Å²) in [5.74, 6) is 0.204. The van der Waals surface area contributed by atoms with Crippen molar-refractivity contribution in [2.75, 3.05) is 11.4 Å². The van der Waals surface area contributed by atoms with Crippen LogP contribution in [0.3, 0.4) is 0 Å². The molecule has 0 spiro atoms. The van der Waals surface area contributed by atoms with E-state index in [1.165, 1.54) is 5.56 Å². The van der Waals surface area contributed by atoms with Crippen LogP contribution in [-0.4, -0.2) is 32.4 Å². The number of H-pyrrole nitrogens is 1. The number of carbonyl (C=O) groups is 1. The van der Waals surface area contributed by atoms with Crippen LogP contribution in [0, 0.1) is 0 Å². The largest absolute Gasteiger partial charge is 0.312 e. The number of fused-ring (bicyclic) bond motifs is 1. The van der Waals surface area contributed by atoms with Crippen LogP contribution in [0.2, 0.25) is 0 Å². The molecule has 6 heteroatoms. The minimum atomic E-state index is 0.204. The lowest BCUT2D eigenvalue weighted by molar-refractivity contribution is -0.117. The van der Waals surface area contributed by atoms with Crippen LogP contribution in [0.1, 0.15) is 24.1 Å². The van der Waals surface area contributed by atoms with Gasteiger partial charge < -0.3 is 4.90 Å². The van der Waals surface area contributed by atoms with Gasteiger partial charge in [-0.05, 0) is 35.7 Å². The zero-order valence-electron chi connectivity index (χ0n) is 15.7. The number of benzene rings is 2. The average molecular weight is 371 g/mol. The fourth-order valence-electron chi connectivity index (χ4n) is 3.86. The third kappa shape index (κ3) is 2.97. The Balaban J connectivity index is 1.42. The second-order valence-electron chi connectivity index (χ2n) is 7.33. The van der Waals surface area contributed by atoms with Crippen LogP contribution in [-0.2, 0) is 18.3 Å². The normalized spacial score (nSPS) is 14.3. The molecule has 1 aliphatic heterocycles. The van der Waals surface area contributed by atoms with E-state index < -0.39 is 0 Å². The molecule has 28 heavy (non-hydrogen) atoms. The highest BCUT2D eigenvalue weighted by Gasteiger charge is 2.22. The molecule has 1 saturated heterocycles. The quantitative estimate of drug-likeness (QED) is 0.595. The summed E-state index contributed by atoms with van der Waals surface area (Å²) in [4.78, 5) is 13.9. The Morgan fingerprint density at radius 1 is 1.11 bits per heavy atom. The van der Waals surface area contributed by atoms with Gasteiger partial charge in [0.2, 0.25) is 5.91 Å². The molecular formula is C22H21N5O. The zero-order chi connectivity index (χ0) is 19.1. The van der Waals surface area contributed by atoms with Crippen molar-refractivity contribution in [3.8, 4) is 11.1 Å². The topological polar surface area (TPSA) is 66.8 Å². The Labute approximate surface area is 162 Å². The van der Waals surface area contributed by atoms with Gasteiger partial charge in [-0.2, -0.15) is 10.2 Å². The number of anilines is 1. The number of nitrogens with zero attached hydrogens (tertiary/aromatic N) is 4. The first-order valence-electron chi connectivity index (χ1n) is 9.53. The standard InChI is InChI=1S/C22H21N5O/c1-26-14-17(13-23-26)16-6-4-15(5-7-16)11-21-19-12-18(8-9-20(19)24-25-21)27-10-2-3-22(27)28/h4-9,12-14H,2-3,10-11H2,1H3,(H,24,25). The van der Waals surface area contributed by atoms with Gasteiger partial charge in [0.1, 0.15) is 0 Å². The number of hydrogen-bond donors (Lipinski definition) is 1. The Morgan fingerprint density at radius 3 is 2.68 bits per heavy atom. The summed E-state index contributed by atoms with van der Waals surface area (Å²) in [7, 11) is 1.92. The highest BCUT2D eigenvalue weighted by Crippen LogP contribution is 2.28. The van der Waals surface area contributed by atoms with Gasteiger partial charge in [-0.3, -0.25) is 14.6 Å². The third-order valence-electron chi connectivity index (χ3n) is 5.37. The van der Waals surface area contributed by atoms with E-state index in [0.717, 1.165) is 52.8 Å². The molecule has 2 aromatic heterocycles. The Bertz CT molecular complexity index is 1160. The molecule has 0 saturated carbocycles. The molecule has 3 heterocycles. The van der Waals surface area contributed by atoms with Gasteiger partial charge in [0.15, 0.2) is 0 Å². The Kier molecular flexibility index (Phi) is 3.97. The lowest BCUT2D eigenvalue weighted by Crippen LogP contribution is -2.23. The molecular weight excluding hydrogens is 350 g/mol. The highest BCUT2D eigenvalue weighted by molar-refractivity contribution is 5.97. The number of hydrogen-bond acceptors (Lipinski definition) is 3. The van der Waals surface area contributed by atoms with Crippen molar-refractivity contribution in [3.63, 3.8) is 0 Å². The maximum Gasteiger partial charge on any atom is 0.227 e. The van der Waals surface area contributed by atoms with E-state index in [0.29, 0.717) is 6.42 Å². The van der Waals surface area contributed by atoms with Crippen molar-refractivity contribution in [2.45, 2.75) is 19.3 Å². The molecule has 0 aliphatic carbocycles. The SMILES string of the molecule is Cn1cc(-c2ccc(Cc3[nH]nc4ccc(N5CCCC5=O)cc34)cc2)cn1. The molecule has 0 bridgehead atoms. The third-order valence-corrected chi connectivity index (χ3v) is 5.37. The number of nitrogens with one attached hydrogen (secondary N) is 1. The molecule has 1 N–H and O–H groups in total. The first kappa shape index (κ1) is 16.7. The van der Waals surface area contributed by atoms with E-state index in [2.05, 4.69) is 45.6 Å². The molecule has 1 amide bonds.